The Morgan fingerprint density at radius 1 is 1.12 bits per heavy atom. The van der Waals surface area contributed by atoms with Crippen LogP contribution in [0.5, 0.6) is 0 Å². The van der Waals surface area contributed by atoms with Crippen molar-refractivity contribution >= 4 is 11.9 Å². The number of aromatic nitrogens is 1. The fourth-order valence-electron chi connectivity index (χ4n) is 5.13. The number of esters is 1. The molecule has 0 bridgehead atoms. The summed E-state index contributed by atoms with van der Waals surface area (Å²) in [6.45, 7) is 4.85. The molecule has 2 aliphatic rings. The van der Waals surface area contributed by atoms with Gasteiger partial charge in [0.1, 0.15) is 17.3 Å². The molecule has 5 nitrogen and oxygen atoms in total. The predicted molar refractivity (Wildman–Crippen MR) is 117 cm³/mol. The summed E-state index contributed by atoms with van der Waals surface area (Å²) in [6, 6.07) is 3.84. The molecule has 1 atom stereocenters. The molecule has 32 heavy (non-hydrogen) atoms. The molecule has 7 heteroatoms. The number of nitrogens with zero attached hydrogens (tertiary/aromatic N) is 2. The van der Waals surface area contributed by atoms with Crippen molar-refractivity contribution in [1.29, 1.82) is 0 Å². The molecule has 1 aliphatic heterocycles. The molecular formula is C25H30F2N2O3. The first kappa shape index (κ1) is 22.5. The van der Waals surface area contributed by atoms with Crippen molar-refractivity contribution in [2.45, 2.75) is 58.9 Å². The second kappa shape index (κ2) is 9.43. The lowest BCUT2D eigenvalue weighted by atomic mass is 9.94. The van der Waals surface area contributed by atoms with Crippen LogP contribution in [0.15, 0.2) is 18.2 Å². The number of carbonyl (C=O) groups is 2. The Kier molecular flexibility index (Phi) is 6.63. The maximum atomic E-state index is 14.5. The summed E-state index contributed by atoms with van der Waals surface area (Å²) >= 11 is 0. The molecule has 1 aliphatic carbocycles. The number of fused-ring (bicyclic) bond motifs is 1. The van der Waals surface area contributed by atoms with Crippen LogP contribution in [-0.2, 0) is 28.9 Å². The van der Waals surface area contributed by atoms with Gasteiger partial charge in [0.2, 0.25) is 0 Å². The SMILES string of the molecule is CCOC(=O)C1CCCN(C(=O)c2c(C)c3c(n2Cc2c(F)cccc2F)CCCC3)C1. The van der Waals surface area contributed by atoms with E-state index in [4.69, 9.17) is 4.74 Å². The van der Waals surface area contributed by atoms with Gasteiger partial charge < -0.3 is 14.2 Å². The number of piperidine rings is 1. The normalized spacial score (nSPS) is 18.4. The lowest BCUT2D eigenvalue weighted by Crippen LogP contribution is -2.43. The van der Waals surface area contributed by atoms with Crippen molar-refractivity contribution in [3.8, 4) is 0 Å². The Bertz CT molecular complexity index is 1010. The van der Waals surface area contributed by atoms with Crippen molar-refractivity contribution in [2.24, 2.45) is 5.92 Å². The number of hydrogen-bond donors (Lipinski definition) is 0. The van der Waals surface area contributed by atoms with E-state index in [2.05, 4.69) is 0 Å². The number of carbonyl (C=O) groups excluding carboxylic acids is 2. The summed E-state index contributed by atoms with van der Waals surface area (Å²) in [5, 5.41) is 0. The van der Waals surface area contributed by atoms with Gasteiger partial charge in [0.15, 0.2) is 0 Å². The Balaban J connectivity index is 1.71. The quantitative estimate of drug-likeness (QED) is 0.642. The molecule has 0 spiro atoms. The van der Waals surface area contributed by atoms with Gasteiger partial charge >= 0.3 is 5.97 Å². The van der Waals surface area contributed by atoms with Crippen LogP contribution >= 0.6 is 0 Å². The Morgan fingerprint density at radius 2 is 1.84 bits per heavy atom. The van der Waals surface area contributed by atoms with Gasteiger partial charge in [-0.15, -0.1) is 0 Å². The van der Waals surface area contributed by atoms with E-state index >= 15 is 0 Å². The molecule has 1 aromatic heterocycles. The number of halogens is 2. The third kappa shape index (κ3) is 4.17. The number of rotatable bonds is 5. The van der Waals surface area contributed by atoms with Crippen LogP contribution < -0.4 is 0 Å². The highest BCUT2D eigenvalue weighted by atomic mass is 19.1. The van der Waals surface area contributed by atoms with Crippen LogP contribution in [0.3, 0.4) is 0 Å². The zero-order valence-electron chi connectivity index (χ0n) is 18.8. The largest absolute Gasteiger partial charge is 0.466 e. The van der Waals surface area contributed by atoms with Gasteiger partial charge in [0.05, 0.1) is 19.1 Å². The molecule has 2 heterocycles. The van der Waals surface area contributed by atoms with E-state index in [1.165, 1.54) is 18.2 Å². The highest BCUT2D eigenvalue weighted by Gasteiger charge is 2.34. The summed E-state index contributed by atoms with van der Waals surface area (Å²) in [7, 11) is 0. The number of amides is 1. The minimum Gasteiger partial charge on any atom is -0.466 e. The molecule has 0 N–H and O–H groups in total. The molecule has 1 amide bonds. The molecule has 1 fully saturated rings. The molecular weight excluding hydrogens is 414 g/mol. The lowest BCUT2D eigenvalue weighted by Gasteiger charge is -2.32. The van der Waals surface area contributed by atoms with Crippen LogP contribution in [0.25, 0.3) is 0 Å². The molecule has 1 aromatic carbocycles. The fraction of sp³-hybridized carbons (Fsp3) is 0.520. The van der Waals surface area contributed by atoms with E-state index in [1.54, 1.807) is 11.8 Å². The van der Waals surface area contributed by atoms with E-state index in [1.807, 2.05) is 11.5 Å². The Labute approximate surface area is 187 Å². The smallest absolute Gasteiger partial charge is 0.310 e. The minimum atomic E-state index is -0.611. The number of benzene rings is 1. The maximum absolute atomic E-state index is 14.5. The molecule has 0 radical (unpaired) electrons. The van der Waals surface area contributed by atoms with E-state index in [-0.39, 0.29) is 29.9 Å². The van der Waals surface area contributed by atoms with Gasteiger partial charge in [-0.05, 0) is 75.6 Å². The molecule has 4 rings (SSSR count). The standard InChI is InChI=1S/C25H30F2N2O3/c1-3-32-25(31)17-8-7-13-28(14-17)24(30)23-16(2)18-9-4-5-12-22(18)29(23)15-19-20(26)10-6-11-21(19)27/h6,10-11,17H,3-5,7-9,12-15H2,1-2H3. The third-order valence-electron chi connectivity index (χ3n) is 6.75. The van der Waals surface area contributed by atoms with Crippen LogP contribution in [0.2, 0.25) is 0 Å². The van der Waals surface area contributed by atoms with Gasteiger partial charge in [-0.1, -0.05) is 6.07 Å². The van der Waals surface area contributed by atoms with Gasteiger partial charge in [0, 0.05) is 24.3 Å². The summed E-state index contributed by atoms with van der Waals surface area (Å²) < 4.78 is 35.9. The van der Waals surface area contributed by atoms with E-state index < -0.39 is 11.6 Å². The summed E-state index contributed by atoms with van der Waals surface area (Å²) in [5.74, 6) is -2.01. The zero-order valence-corrected chi connectivity index (χ0v) is 18.8. The summed E-state index contributed by atoms with van der Waals surface area (Å²) in [5.41, 5.74) is 3.46. The Morgan fingerprint density at radius 3 is 2.56 bits per heavy atom. The van der Waals surface area contributed by atoms with Crippen LogP contribution in [-0.4, -0.2) is 41.0 Å². The highest BCUT2D eigenvalue weighted by Crippen LogP contribution is 2.32. The average Bonchev–Trinajstić information content (AvgIpc) is 3.08. The fourth-order valence-corrected chi connectivity index (χ4v) is 5.13. The summed E-state index contributed by atoms with van der Waals surface area (Å²) in [6.07, 6.45) is 5.08. The first-order valence-corrected chi connectivity index (χ1v) is 11.5. The molecule has 172 valence electrons. The molecule has 1 saturated heterocycles. The van der Waals surface area contributed by atoms with Gasteiger partial charge in [-0.2, -0.15) is 0 Å². The van der Waals surface area contributed by atoms with Crippen molar-refractivity contribution in [1.82, 2.24) is 9.47 Å². The molecule has 0 saturated carbocycles. The lowest BCUT2D eigenvalue weighted by molar-refractivity contribution is -0.149. The third-order valence-corrected chi connectivity index (χ3v) is 6.75. The topological polar surface area (TPSA) is 51.5 Å². The van der Waals surface area contributed by atoms with Gasteiger partial charge in [0.25, 0.3) is 5.91 Å². The number of hydrogen-bond acceptors (Lipinski definition) is 3. The van der Waals surface area contributed by atoms with Gasteiger partial charge in [-0.25, -0.2) is 8.78 Å². The van der Waals surface area contributed by atoms with E-state index in [9.17, 15) is 18.4 Å². The second-order valence-corrected chi connectivity index (χ2v) is 8.73. The van der Waals surface area contributed by atoms with Crippen molar-refractivity contribution in [3.63, 3.8) is 0 Å². The van der Waals surface area contributed by atoms with Crippen LogP contribution in [0.1, 0.15) is 65.5 Å². The van der Waals surface area contributed by atoms with E-state index in [0.29, 0.717) is 31.8 Å². The van der Waals surface area contributed by atoms with Crippen LogP contribution in [0.4, 0.5) is 8.78 Å². The van der Waals surface area contributed by atoms with Gasteiger partial charge in [-0.3, -0.25) is 9.59 Å². The van der Waals surface area contributed by atoms with Crippen molar-refractivity contribution in [3.05, 3.63) is 57.9 Å². The molecule has 1 unspecified atom stereocenters. The van der Waals surface area contributed by atoms with Crippen molar-refractivity contribution in [2.75, 3.05) is 19.7 Å². The zero-order chi connectivity index (χ0) is 22.8. The number of ether oxygens (including phenoxy) is 1. The Hall–Kier alpha value is -2.70. The summed E-state index contributed by atoms with van der Waals surface area (Å²) in [4.78, 5) is 27.7. The minimum absolute atomic E-state index is 0.0229. The van der Waals surface area contributed by atoms with E-state index in [0.717, 1.165) is 48.9 Å². The number of likely N-dealkylation sites (tertiary alicyclic amines) is 1. The second-order valence-electron chi connectivity index (χ2n) is 8.73. The molecule has 2 aromatic rings. The van der Waals surface area contributed by atoms with Crippen LogP contribution in [0, 0.1) is 24.5 Å². The first-order chi connectivity index (χ1) is 15.4. The maximum Gasteiger partial charge on any atom is 0.310 e. The predicted octanol–water partition coefficient (Wildman–Crippen LogP) is 4.42. The highest BCUT2D eigenvalue weighted by molar-refractivity contribution is 5.95. The van der Waals surface area contributed by atoms with Crippen molar-refractivity contribution < 1.29 is 23.1 Å². The monoisotopic (exact) mass is 444 g/mol. The first-order valence-electron chi connectivity index (χ1n) is 11.5. The average molecular weight is 445 g/mol.